The maximum absolute atomic E-state index is 12.0. The van der Waals surface area contributed by atoms with E-state index in [-0.39, 0.29) is 0 Å². The summed E-state index contributed by atoms with van der Waals surface area (Å²) < 4.78 is 36.0. The summed E-state index contributed by atoms with van der Waals surface area (Å²) in [5.74, 6) is 0. The Kier molecular flexibility index (Phi) is 8.45. The number of hydrogen-bond donors (Lipinski definition) is 0. The smallest absolute Gasteiger partial charge is 0.166 e. The lowest BCUT2D eigenvalue weighted by molar-refractivity contribution is -0.137. The molecule has 31 heavy (non-hydrogen) atoms. The van der Waals surface area contributed by atoms with Gasteiger partial charge in [0.25, 0.3) is 0 Å². The molecule has 0 aromatic heterocycles. The summed E-state index contributed by atoms with van der Waals surface area (Å²) in [6.07, 6.45) is -4.23. The third-order valence-electron chi connectivity index (χ3n) is 4.48. The molecule has 0 atom stereocenters. The average Bonchev–Trinajstić information content (AvgIpc) is 2.81. The molecule has 0 fully saturated rings. The molecule has 0 aliphatic rings. The van der Waals surface area contributed by atoms with Crippen LogP contribution in [-0.4, -0.2) is 0 Å². The minimum absolute atomic E-state index is 0.446. The SMILES string of the molecule is FC(F)(F)c1ccc(CBr)cc1.c1ccc(P(c2ccccc2)c2ccccc2)cc1. The number of benzene rings is 4. The quantitative estimate of drug-likeness (QED) is 0.208. The second-order valence-corrected chi connectivity index (χ2v) is 9.45. The molecule has 0 amide bonds. The summed E-state index contributed by atoms with van der Waals surface area (Å²) in [6, 6.07) is 37.4. The van der Waals surface area contributed by atoms with Crippen molar-refractivity contribution in [3.8, 4) is 0 Å². The summed E-state index contributed by atoms with van der Waals surface area (Å²) in [4.78, 5) is 0. The van der Waals surface area contributed by atoms with Gasteiger partial charge in [0.05, 0.1) is 5.56 Å². The largest absolute Gasteiger partial charge is 0.416 e. The Labute approximate surface area is 190 Å². The van der Waals surface area contributed by atoms with Crippen LogP contribution in [0.1, 0.15) is 11.1 Å². The number of alkyl halides is 4. The Morgan fingerprint density at radius 1 is 0.548 bits per heavy atom. The van der Waals surface area contributed by atoms with E-state index < -0.39 is 19.7 Å². The fourth-order valence-electron chi connectivity index (χ4n) is 2.96. The molecule has 0 N–H and O–H groups in total. The molecule has 0 spiro atoms. The van der Waals surface area contributed by atoms with Gasteiger partial charge in [-0.1, -0.05) is 119 Å². The van der Waals surface area contributed by atoms with Crippen LogP contribution in [0.2, 0.25) is 0 Å². The third-order valence-corrected chi connectivity index (χ3v) is 7.57. The van der Waals surface area contributed by atoms with Crippen LogP contribution in [0.5, 0.6) is 0 Å². The number of hydrogen-bond acceptors (Lipinski definition) is 0. The van der Waals surface area contributed by atoms with Crippen molar-refractivity contribution >= 4 is 39.8 Å². The number of halogens is 4. The molecule has 0 unspecified atom stereocenters. The topological polar surface area (TPSA) is 0 Å². The summed E-state index contributed by atoms with van der Waals surface area (Å²) in [5, 5.41) is 4.77. The highest BCUT2D eigenvalue weighted by Gasteiger charge is 2.29. The van der Waals surface area contributed by atoms with Crippen molar-refractivity contribution in [2.75, 3.05) is 0 Å². The molecule has 0 nitrogen and oxygen atoms in total. The first kappa shape index (κ1) is 23.2. The zero-order valence-electron chi connectivity index (χ0n) is 16.6. The summed E-state index contributed by atoms with van der Waals surface area (Å²) >= 11 is 3.15. The van der Waals surface area contributed by atoms with Gasteiger partial charge in [-0.25, -0.2) is 0 Å². The zero-order chi connectivity index (χ0) is 22.1. The Morgan fingerprint density at radius 2 is 0.903 bits per heavy atom. The first-order chi connectivity index (χ1) is 15.0. The maximum atomic E-state index is 12.0. The van der Waals surface area contributed by atoms with Gasteiger partial charge < -0.3 is 0 Å². The minimum atomic E-state index is -4.23. The van der Waals surface area contributed by atoms with E-state index >= 15 is 0 Å². The van der Waals surface area contributed by atoms with Crippen molar-refractivity contribution in [1.82, 2.24) is 0 Å². The van der Waals surface area contributed by atoms with Gasteiger partial charge in [0, 0.05) is 5.33 Å². The second kappa shape index (κ2) is 11.3. The van der Waals surface area contributed by atoms with Gasteiger partial charge in [-0.15, -0.1) is 0 Å². The molecule has 0 saturated heterocycles. The lowest BCUT2D eigenvalue weighted by Crippen LogP contribution is -2.20. The molecular weight excluding hydrogens is 480 g/mol. The highest BCUT2D eigenvalue weighted by Crippen LogP contribution is 2.32. The molecule has 0 radical (unpaired) electrons. The van der Waals surface area contributed by atoms with Crippen LogP contribution in [0, 0.1) is 0 Å². The standard InChI is InChI=1S/C18H15P.C8H6BrF3/c1-4-10-16(11-5-1)19(17-12-6-2-7-13-17)18-14-8-3-9-15-18;9-5-6-1-3-7(4-2-6)8(10,11)12/h1-15H;1-4H,5H2. The van der Waals surface area contributed by atoms with E-state index in [4.69, 9.17) is 0 Å². The second-order valence-electron chi connectivity index (χ2n) is 6.67. The van der Waals surface area contributed by atoms with Gasteiger partial charge in [-0.3, -0.25) is 0 Å². The Balaban J connectivity index is 0.000000196. The first-order valence-electron chi connectivity index (χ1n) is 9.66. The fourth-order valence-corrected chi connectivity index (χ4v) is 5.64. The summed E-state index contributed by atoms with van der Waals surface area (Å²) in [6.45, 7) is 0. The van der Waals surface area contributed by atoms with E-state index in [9.17, 15) is 13.2 Å². The van der Waals surface area contributed by atoms with E-state index in [0.29, 0.717) is 5.33 Å². The highest BCUT2D eigenvalue weighted by atomic mass is 79.9. The van der Waals surface area contributed by atoms with Gasteiger partial charge in [-0.05, 0) is 41.5 Å². The van der Waals surface area contributed by atoms with Crippen LogP contribution >= 0.6 is 23.9 Å². The van der Waals surface area contributed by atoms with Crippen LogP contribution in [0.15, 0.2) is 115 Å². The Hall–Kier alpha value is -2.42. The molecule has 5 heteroatoms. The highest BCUT2D eigenvalue weighted by molar-refractivity contribution is 9.08. The fraction of sp³-hybridized carbons (Fsp3) is 0.0769. The molecule has 0 aliphatic carbocycles. The average molecular weight is 501 g/mol. The molecule has 0 saturated carbocycles. The van der Waals surface area contributed by atoms with Crippen molar-refractivity contribution in [2.24, 2.45) is 0 Å². The van der Waals surface area contributed by atoms with Gasteiger partial charge >= 0.3 is 6.18 Å². The van der Waals surface area contributed by atoms with Crippen molar-refractivity contribution in [2.45, 2.75) is 11.5 Å². The Bertz CT molecular complexity index is 941. The van der Waals surface area contributed by atoms with Crippen molar-refractivity contribution in [3.05, 3.63) is 126 Å². The van der Waals surface area contributed by atoms with E-state index in [1.165, 1.54) is 28.0 Å². The predicted octanol–water partition coefficient (Wildman–Crippen LogP) is 7.05. The predicted molar refractivity (Wildman–Crippen MR) is 129 cm³/mol. The first-order valence-corrected chi connectivity index (χ1v) is 12.1. The van der Waals surface area contributed by atoms with Crippen LogP contribution in [0.25, 0.3) is 0 Å². The summed E-state index contributed by atoms with van der Waals surface area (Å²) in [5.41, 5.74) is 0.232. The lowest BCUT2D eigenvalue weighted by Gasteiger charge is -2.18. The monoisotopic (exact) mass is 500 g/mol. The zero-order valence-corrected chi connectivity index (χ0v) is 19.1. The molecule has 0 aliphatic heterocycles. The van der Waals surface area contributed by atoms with Crippen molar-refractivity contribution < 1.29 is 13.2 Å². The number of rotatable bonds is 4. The van der Waals surface area contributed by atoms with Gasteiger partial charge in [0.2, 0.25) is 0 Å². The Morgan fingerprint density at radius 3 is 1.19 bits per heavy atom. The minimum Gasteiger partial charge on any atom is -0.166 e. The van der Waals surface area contributed by atoms with Crippen LogP contribution < -0.4 is 15.9 Å². The van der Waals surface area contributed by atoms with Crippen molar-refractivity contribution in [3.63, 3.8) is 0 Å². The molecule has 0 heterocycles. The molecular formula is C26H21BrF3P. The maximum Gasteiger partial charge on any atom is 0.416 e. The molecule has 158 valence electrons. The summed E-state index contributed by atoms with van der Waals surface area (Å²) in [7, 11) is -0.446. The normalized spacial score (nSPS) is 11.0. The molecule has 4 rings (SSSR count). The van der Waals surface area contributed by atoms with Crippen molar-refractivity contribution in [1.29, 1.82) is 0 Å². The van der Waals surface area contributed by atoms with Gasteiger partial charge in [-0.2, -0.15) is 13.2 Å². The van der Waals surface area contributed by atoms with Crippen LogP contribution in [-0.2, 0) is 11.5 Å². The van der Waals surface area contributed by atoms with E-state index in [0.717, 1.165) is 17.7 Å². The third kappa shape index (κ3) is 6.78. The van der Waals surface area contributed by atoms with Crippen LogP contribution in [0.4, 0.5) is 13.2 Å². The molecule has 4 aromatic carbocycles. The van der Waals surface area contributed by atoms with Gasteiger partial charge in [0.15, 0.2) is 0 Å². The van der Waals surface area contributed by atoms with Crippen LogP contribution in [0.3, 0.4) is 0 Å². The van der Waals surface area contributed by atoms with E-state index in [2.05, 4.69) is 107 Å². The lowest BCUT2D eigenvalue weighted by atomic mass is 10.1. The van der Waals surface area contributed by atoms with E-state index in [1.807, 2.05) is 0 Å². The molecule has 4 aromatic rings. The molecule has 0 bridgehead atoms. The van der Waals surface area contributed by atoms with E-state index in [1.54, 1.807) is 0 Å². The van der Waals surface area contributed by atoms with Gasteiger partial charge in [0.1, 0.15) is 0 Å².